The van der Waals surface area contributed by atoms with Crippen LogP contribution in [0.4, 0.5) is 5.69 Å². The Morgan fingerprint density at radius 1 is 1.07 bits per heavy atom. The topological polar surface area (TPSA) is 47.2 Å². The predicted octanol–water partition coefficient (Wildman–Crippen LogP) is 0.314. The number of rotatable bonds is 6. The zero-order valence-electron chi connectivity index (χ0n) is 16.5. The summed E-state index contributed by atoms with van der Waals surface area (Å²) < 4.78 is 5.33. The van der Waals surface area contributed by atoms with Crippen LogP contribution in [-0.2, 0) is 11.3 Å². The molecule has 0 unspecified atom stereocenters. The minimum Gasteiger partial charge on any atom is -0.495 e. The van der Waals surface area contributed by atoms with Crippen LogP contribution in [0.5, 0.6) is 5.75 Å². The van der Waals surface area contributed by atoms with Crippen LogP contribution >= 0.6 is 0 Å². The minimum atomic E-state index is -0.0741. The van der Waals surface area contributed by atoms with Gasteiger partial charge in [0, 0.05) is 5.56 Å². The van der Waals surface area contributed by atoms with Gasteiger partial charge in [0.1, 0.15) is 38.5 Å². The Labute approximate surface area is 161 Å². The Kier molecular flexibility index (Phi) is 6.48. The van der Waals surface area contributed by atoms with E-state index in [1.165, 1.54) is 16.0 Å². The molecule has 5 nitrogen and oxygen atoms in total. The highest BCUT2D eigenvalue weighted by Crippen LogP contribution is 2.22. The number of carbonyl (C=O) groups is 1. The van der Waals surface area contributed by atoms with Gasteiger partial charge in [0.15, 0.2) is 6.04 Å². The van der Waals surface area contributed by atoms with Crippen LogP contribution in [0.1, 0.15) is 18.1 Å². The summed E-state index contributed by atoms with van der Waals surface area (Å²) in [7, 11) is 1.62. The number of methoxy groups -OCH3 is 1. The normalized spacial score (nSPS) is 20.7. The van der Waals surface area contributed by atoms with E-state index in [9.17, 15) is 4.79 Å². The van der Waals surface area contributed by atoms with Gasteiger partial charge in [-0.2, -0.15) is 0 Å². The minimum absolute atomic E-state index is 0.0526. The van der Waals surface area contributed by atoms with Gasteiger partial charge in [0.25, 0.3) is 5.91 Å². The molecular weight excluding hydrogens is 338 g/mol. The smallest absolute Gasteiger partial charge is 0.282 e. The highest BCUT2D eigenvalue weighted by Gasteiger charge is 2.31. The van der Waals surface area contributed by atoms with Crippen molar-refractivity contribution in [2.24, 2.45) is 0 Å². The van der Waals surface area contributed by atoms with Gasteiger partial charge in [-0.05, 0) is 31.5 Å². The molecule has 144 valence electrons. The summed E-state index contributed by atoms with van der Waals surface area (Å²) in [5.41, 5.74) is 3.53. The lowest BCUT2D eigenvalue weighted by Crippen LogP contribution is -3.29. The molecule has 3 N–H and O–H groups in total. The molecule has 1 fully saturated rings. The molecule has 1 amide bonds. The van der Waals surface area contributed by atoms with E-state index in [1.54, 1.807) is 12.0 Å². The van der Waals surface area contributed by atoms with Gasteiger partial charge >= 0.3 is 0 Å². The molecular formula is C22H31N3O2+2. The Bertz CT molecular complexity index is 770. The van der Waals surface area contributed by atoms with Gasteiger partial charge < -0.3 is 19.9 Å². The van der Waals surface area contributed by atoms with Gasteiger partial charge in [-0.1, -0.05) is 36.4 Å². The number of para-hydroxylation sites is 2. The zero-order valence-corrected chi connectivity index (χ0v) is 16.5. The fraction of sp³-hybridized carbons (Fsp3) is 0.409. The summed E-state index contributed by atoms with van der Waals surface area (Å²) in [6.07, 6.45) is 0. The number of piperazine rings is 1. The third-order valence-electron chi connectivity index (χ3n) is 5.67. The van der Waals surface area contributed by atoms with E-state index in [-0.39, 0.29) is 11.9 Å². The Hall–Kier alpha value is -2.37. The number of aryl methyl sites for hydroxylation is 1. The molecule has 3 rings (SSSR count). The standard InChI is InChI=1S/C22H29N3O2/c1-17-8-4-5-9-19(17)16-24-12-14-25(15-13-24)18(2)22(26)23-20-10-6-7-11-21(20)27-3/h4-11,18H,12-16H2,1-3H3,(H,23,26)/p+2/t18-/m1/s1. The van der Waals surface area contributed by atoms with E-state index < -0.39 is 0 Å². The Balaban J connectivity index is 1.52. The third kappa shape index (κ3) is 4.87. The second kappa shape index (κ2) is 9.02. The first-order valence-electron chi connectivity index (χ1n) is 9.75. The van der Waals surface area contributed by atoms with Crippen LogP contribution < -0.4 is 19.9 Å². The second-order valence-electron chi connectivity index (χ2n) is 7.42. The van der Waals surface area contributed by atoms with Crippen molar-refractivity contribution in [2.75, 3.05) is 38.6 Å². The molecule has 0 spiro atoms. The summed E-state index contributed by atoms with van der Waals surface area (Å²) in [4.78, 5) is 15.7. The number of nitrogens with one attached hydrogen (secondary N) is 3. The van der Waals surface area contributed by atoms with E-state index in [2.05, 4.69) is 36.5 Å². The van der Waals surface area contributed by atoms with E-state index in [4.69, 9.17) is 4.74 Å². The molecule has 0 saturated carbocycles. The molecule has 1 aliphatic heterocycles. The number of benzene rings is 2. The molecule has 0 radical (unpaired) electrons. The fourth-order valence-electron chi connectivity index (χ4n) is 3.79. The lowest BCUT2D eigenvalue weighted by atomic mass is 10.1. The average Bonchev–Trinajstić information content (AvgIpc) is 2.70. The SMILES string of the molecule is COc1ccccc1NC(=O)[C@@H](C)[NH+]1CC[NH+](Cc2ccccc2C)CC1. The third-order valence-corrected chi connectivity index (χ3v) is 5.67. The van der Waals surface area contributed by atoms with E-state index in [1.807, 2.05) is 31.2 Å². The molecule has 5 heteroatoms. The zero-order chi connectivity index (χ0) is 19.2. The van der Waals surface area contributed by atoms with Crippen LogP contribution in [0.3, 0.4) is 0 Å². The summed E-state index contributed by atoms with van der Waals surface area (Å²) in [5.74, 6) is 0.748. The largest absolute Gasteiger partial charge is 0.495 e. The van der Waals surface area contributed by atoms with E-state index in [0.717, 1.165) is 38.4 Å². The maximum absolute atomic E-state index is 12.7. The number of hydrogen-bond acceptors (Lipinski definition) is 2. The van der Waals surface area contributed by atoms with Crippen LogP contribution in [-0.4, -0.2) is 45.2 Å². The molecule has 1 atom stereocenters. The molecule has 0 bridgehead atoms. The highest BCUT2D eigenvalue weighted by atomic mass is 16.5. The van der Waals surface area contributed by atoms with E-state index in [0.29, 0.717) is 5.75 Å². The number of carbonyl (C=O) groups excluding carboxylic acids is 1. The molecule has 1 aliphatic rings. The molecule has 1 saturated heterocycles. The van der Waals surface area contributed by atoms with Crippen molar-refractivity contribution < 1.29 is 19.3 Å². The molecule has 1 heterocycles. The van der Waals surface area contributed by atoms with E-state index >= 15 is 0 Å². The molecule has 2 aromatic carbocycles. The highest BCUT2D eigenvalue weighted by molar-refractivity contribution is 5.94. The number of hydrogen-bond donors (Lipinski definition) is 3. The number of quaternary nitrogens is 2. The maximum Gasteiger partial charge on any atom is 0.282 e. The summed E-state index contributed by atoms with van der Waals surface area (Å²) in [5, 5.41) is 3.03. The Morgan fingerprint density at radius 2 is 1.74 bits per heavy atom. The quantitative estimate of drug-likeness (QED) is 0.687. The van der Waals surface area contributed by atoms with Crippen molar-refractivity contribution in [2.45, 2.75) is 26.4 Å². The number of anilines is 1. The monoisotopic (exact) mass is 369 g/mol. The maximum atomic E-state index is 12.7. The van der Waals surface area contributed by atoms with Gasteiger partial charge in [-0.15, -0.1) is 0 Å². The summed E-state index contributed by atoms with van der Waals surface area (Å²) >= 11 is 0. The van der Waals surface area contributed by atoms with Crippen LogP contribution in [0, 0.1) is 6.92 Å². The van der Waals surface area contributed by atoms with Gasteiger partial charge in [-0.3, -0.25) is 4.79 Å². The van der Waals surface area contributed by atoms with Crippen LogP contribution in [0.15, 0.2) is 48.5 Å². The molecule has 27 heavy (non-hydrogen) atoms. The van der Waals surface area contributed by atoms with Crippen molar-refractivity contribution >= 4 is 11.6 Å². The van der Waals surface area contributed by atoms with Crippen molar-refractivity contribution in [1.82, 2.24) is 0 Å². The van der Waals surface area contributed by atoms with Gasteiger partial charge in [0.2, 0.25) is 0 Å². The van der Waals surface area contributed by atoms with Crippen molar-refractivity contribution in [1.29, 1.82) is 0 Å². The lowest BCUT2D eigenvalue weighted by Gasteiger charge is -2.32. The second-order valence-corrected chi connectivity index (χ2v) is 7.42. The summed E-state index contributed by atoms with van der Waals surface area (Å²) in [6, 6.07) is 16.1. The fourth-order valence-corrected chi connectivity index (χ4v) is 3.79. The molecule has 0 aliphatic carbocycles. The average molecular weight is 370 g/mol. The van der Waals surface area contributed by atoms with Gasteiger partial charge in [0.05, 0.1) is 12.8 Å². The number of ether oxygens (including phenoxy) is 1. The van der Waals surface area contributed by atoms with Crippen LogP contribution in [0.25, 0.3) is 0 Å². The van der Waals surface area contributed by atoms with Crippen molar-refractivity contribution in [3.05, 3.63) is 59.7 Å². The summed E-state index contributed by atoms with van der Waals surface area (Å²) in [6.45, 7) is 9.49. The molecule has 2 aromatic rings. The van der Waals surface area contributed by atoms with Crippen LogP contribution in [0.2, 0.25) is 0 Å². The van der Waals surface area contributed by atoms with Crippen molar-refractivity contribution in [3.8, 4) is 5.75 Å². The first kappa shape index (κ1) is 19.4. The lowest BCUT2D eigenvalue weighted by molar-refractivity contribution is -1.02. The number of amides is 1. The molecule has 0 aromatic heterocycles. The van der Waals surface area contributed by atoms with Crippen molar-refractivity contribution in [3.63, 3.8) is 0 Å². The first-order chi connectivity index (χ1) is 13.1. The first-order valence-corrected chi connectivity index (χ1v) is 9.75. The van der Waals surface area contributed by atoms with Gasteiger partial charge in [-0.25, -0.2) is 0 Å². The Morgan fingerprint density at radius 3 is 2.44 bits per heavy atom. The predicted molar refractivity (Wildman–Crippen MR) is 107 cm³/mol.